The molecule has 0 aliphatic heterocycles. The van der Waals surface area contributed by atoms with E-state index in [4.69, 9.17) is 11.1 Å². The number of pyridine rings is 1. The van der Waals surface area contributed by atoms with Crippen LogP contribution in [0.3, 0.4) is 0 Å². The van der Waals surface area contributed by atoms with E-state index >= 15 is 0 Å². The lowest BCUT2D eigenvalue weighted by atomic mass is 10.1. The van der Waals surface area contributed by atoms with Crippen LogP contribution in [-0.2, 0) is 0 Å². The summed E-state index contributed by atoms with van der Waals surface area (Å²) in [6, 6.07) is 1.83. The Labute approximate surface area is 103 Å². The predicted molar refractivity (Wildman–Crippen MR) is 66.1 cm³/mol. The first kappa shape index (κ1) is 11.5. The van der Waals surface area contributed by atoms with E-state index in [0.29, 0.717) is 10.6 Å². The van der Waals surface area contributed by atoms with Crippen LogP contribution in [0.4, 0.5) is 0 Å². The second-order valence-corrected chi connectivity index (χ2v) is 4.38. The molecule has 0 bridgehead atoms. The topological polar surface area (TPSA) is 88.5 Å². The van der Waals surface area contributed by atoms with Crippen LogP contribution in [0.1, 0.15) is 11.1 Å². The average molecular weight is 245 g/mol. The van der Waals surface area contributed by atoms with Gasteiger partial charge in [-0.25, -0.2) is 9.97 Å². The first-order valence-electron chi connectivity index (χ1n) is 4.92. The summed E-state index contributed by atoms with van der Waals surface area (Å²) in [5.74, 6) is 0.0157. The van der Waals surface area contributed by atoms with Gasteiger partial charge in [0, 0.05) is 18.6 Å². The van der Waals surface area contributed by atoms with Crippen LogP contribution in [0.15, 0.2) is 40.9 Å². The third-order valence-electron chi connectivity index (χ3n) is 2.13. The molecule has 0 radical (unpaired) electrons. The van der Waals surface area contributed by atoms with E-state index in [9.17, 15) is 0 Å². The van der Waals surface area contributed by atoms with Crippen LogP contribution >= 0.6 is 11.8 Å². The van der Waals surface area contributed by atoms with E-state index in [-0.39, 0.29) is 5.84 Å². The fraction of sp³-hybridized carbons (Fsp3) is 0.0909. The second kappa shape index (κ2) is 4.92. The van der Waals surface area contributed by atoms with Crippen molar-refractivity contribution in [3.63, 3.8) is 0 Å². The second-order valence-electron chi connectivity index (χ2n) is 3.37. The van der Waals surface area contributed by atoms with E-state index in [2.05, 4.69) is 15.0 Å². The maximum Gasteiger partial charge on any atom is 0.125 e. The van der Waals surface area contributed by atoms with Gasteiger partial charge < -0.3 is 5.73 Å². The highest BCUT2D eigenvalue weighted by atomic mass is 32.2. The summed E-state index contributed by atoms with van der Waals surface area (Å²) in [6.45, 7) is 1.90. The van der Waals surface area contributed by atoms with Gasteiger partial charge in [-0.2, -0.15) is 0 Å². The van der Waals surface area contributed by atoms with Crippen molar-refractivity contribution in [2.24, 2.45) is 5.73 Å². The maximum atomic E-state index is 7.57. The van der Waals surface area contributed by atoms with Gasteiger partial charge in [0.1, 0.15) is 15.9 Å². The average Bonchev–Trinajstić information content (AvgIpc) is 2.30. The summed E-state index contributed by atoms with van der Waals surface area (Å²) in [7, 11) is 0. The maximum absolute atomic E-state index is 7.57. The minimum absolute atomic E-state index is 0.0157. The Bertz CT molecular complexity index is 541. The molecule has 0 saturated heterocycles. The molecule has 2 heterocycles. The Balaban J connectivity index is 2.40. The van der Waals surface area contributed by atoms with E-state index in [0.717, 1.165) is 10.6 Å². The lowest BCUT2D eigenvalue weighted by Crippen LogP contribution is -2.14. The summed E-state index contributed by atoms with van der Waals surface area (Å²) in [6.07, 6.45) is 6.57. The number of nitrogens with two attached hydrogens (primary N) is 1. The van der Waals surface area contributed by atoms with Crippen LogP contribution in [0.25, 0.3) is 0 Å². The Hall–Kier alpha value is -1.95. The van der Waals surface area contributed by atoms with Crippen LogP contribution in [-0.4, -0.2) is 20.8 Å². The molecule has 2 aromatic rings. The first-order valence-corrected chi connectivity index (χ1v) is 5.74. The number of aromatic nitrogens is 3. The minimum atomic E-state index is 0.0157. The van der Waals surface area contributed by atoms with Crippen molar-refractivity contribution in [1.29, 1.82) is 5.41 Å². The van der Waals surface area contributed by atoms with Gasteiger partial charge in [-0.3, -0.25) is 10.4 Å². The number of hydrogen-bond acceptors (Lipinski definition) is 5. The van der Waals surface area contributed by atoms with Crippen molar-refractivity contribution in [3.05, 3.63) is 42.0 Å². The fourth-order valence-corrected chi connectivity index (χ4v) is 2.29. The highest BCUT2D eigenvalue weighted by molar-refractivity contribution is 7.99. The summed E-state index contributed by atoms with van der Waals surface area (Å²) in [5, 5.41) is 8.98. The number of amidine groups is 1. The number of nitrogen functional groups attached to an aromatic ring is 1. The molecule has 5 nitrogen and oxygen atoms in total. The molecule has 0 saturated carbocycles. The Morgan fingerprint density at radius 2 is 2.12 bits per heavy atom. The van der Waals surface area contributed by atoms with Crippen molar-refractivity contribution in [3.8, 4) is 0 Å². The molecule has 0 unspecified atom stereocenters. The van der Waals surface area contributed by atoms with Gasteiger partial charge >= 0.3 is 0 Å². The largest absolute Gasteiger partial charge is 0.384 e. The molecule has 2 rings (SSSR count). The third kappa shape index (κ3) is 2.59. The normalized spacial score (nSPS) is 10.2. The molecule has 0 aliphatic carbocycles. The van der Waals surface area contributed by atoms with Crippen LogP contribution < -0.4 is 5.73 Å². The van der Waals surface area contributed by atoms with Crippen molar-refractivity contribution < 1.29 is 0 Å². The smallest absolute Gasteiger partial charge is 0.125 e. The summed E-state index contributed by atoms with van der Waals surface area (Å²) in [4.78, 5) is 12.4. The Morgan fingerprint density at radius 3 is 2.76 bits per heavy atom. The highest BCUT2D eigenvalue weighted by Gasteiger charge is 2.11. The molecule has 0 aromatic carbocycles. The van der Waals surface area contributed by atoms with E-state index in [1.807, 2.05) is 13.0 Å². The lowest BCUT2D eigenvalue weighted by molar-refractivity contribution is 1.03. The van der Waals surface area contributed by atoms with Crippen LogP contribution in [0.5, 0.6) is 0 Å². The molecule has 0 spiro atoms. The van der Waals surface area contributed by atoms with Crippen molar-refractivity contribution >= 4 is 17.6 Å². The van der Waals surface area contributed by atoms with Gasteiger partial charge in [-0.15, -0.1) is 0 Å². The first-order chi connectivity index (χ1) is 8.18. The zero-order chi connectivity index (χ0) is 12.3. The molecule has 86 valence electrons. The predicted octanol–water partition coefficient (Wildman–Crippen LogP) is 1.62. The number of nitrogens with zero attached hydrogens (tertiary/aromatic N) is 3. The van der Waals surface area contributed by atoms with Gasteiger partial charge in [0.2, 0.25) is 0 Å². The monoisotopic (exact) mass is 245 g/mol. The quantitative estimate of drug-likeness (QED) is 0.633. The molecule has 2 aromatic heterocycles. The van der Waals surface area contributed by atoms with Gasteiger partial charge in [0.05, 0.1) is 11.8 Å². The molecule has 3 N–H and O–H groups in total. The van der Waals surface area contributed by atoms with Gasteiger partial charge in [-0.05, 0) is 30.3 Å². The number of nitrogens with one attached hydrogen (secondary N) is 1. The standard InChI is InChI=1S/C11H11N5S/c1-7-2-3-16-11(9(7)10(12)13)17-8-6-14-4-5-15-8/h2-6H,1H3,(H3,12,13). The SMILES string of the molecule is Cc1ccnc(Sc2cnccn2)c1C(=N)N. The molecule has 0 atom stereocenters. The third-order valence-corrected chi connectivity index (χ3v) is 3.06. The Morgan fingerprint density at radius 1 is 1.29 bits per heavy atom. The Kier molecular flexibility index (Phi) is 3.34. The fourth-order valence-electron chi connectivity index (χ4n) is 1.38. The zero-order valence-corrected chi connectivity index (χ0v) is 10.0. The molecule has 0 amide bonds. The molecule has 0 aliphatic rings. The molecule has 0 fully saturated rings. The summed E-state index contributed by atoms with van der Waals surface area (Å²) >= 11 is 1.35. The van der Waals surface area contributed by atoms with E-state index in [1.165, 1.54) is 11.8 Å². The van der Waals surface area contributed by atoms with Crippen molar-refractivity contribution in [2.45, 2.75) is 17.0 Å². The minimum Gasteiger partial charge on any atom is -0.384 e. The molecular weight excluding hydrogens is 234 g/mol. The summed E-state index contributed by atoms with van der Waals surface area (Å²) in [5.41, 5.74) is 7.15. The van der Waals surface area contributed by atoms with Gasteiger partial charge in [0.15, 0.2) is 0 Å². The lowest BCUT2D eigenvalue weighted by Gasteiger charge is -2.08. The zero-order valence-electron chi connectivity index (χ0n) is 9.21. The van der Waals surface area contributed by atoms with Crippen LogP contribution in [0.2, 0.25) is 0 Å². The number of rotatable bonds is 3. The van der Waals surface area contributed by atoms with Crippen LogP contribution in [0, 0.1) is 12.3 Å². The van der Waals surface area contributed by atoms with Gasteiger partial charge in [-0.1, -0.05) is 0 Å². The molecule has 17 heavy (non-hydrogen) atoms. The van der Waals surface area contributed by atoms with E-state index in [1.54, 1.807) is 24.8 Å². The molecular formula is C11H11N5S. The van der Waals surface area contributed by atoms with E-state index < -0.39 is 0 Å². The highest BCUT2D eigenvalue weighted by Crippen LogP contribution is 2.27. The van der Waals surface area contributed by atoms with Crippen molar-refractivity contribution in [2.75, 3.05) is 0 Å². The molecule has 6 heteroatoms. The van der Waals surface area contributed by atoms with Gasteiger partial charge in [0.25, 0.3) is 0 Å². The van der Waals surface area contributed by atoms with Crippen molar-refractivity contribution in [1.82, 2.24) is 15.0 Å². The number of hydrogen-bond donors (Lipinski definition) is 2. The summed E-state index contributed by atoms with van der Waals surface area (Å²) < 4.78 is 0. The number of aryl methyl sites for hydroxylation is 1.